The van der Waals surface area contributed by atoms with Gasteiger partial charge < -0.3 is 9.64 Å². The number of hydrogen-bond acceptors (Lipinski definition) is 3. The third-order valence-corrected chi connectivity index (χ3v) is 4.75. The van der Waals surface area contributed by atoms with Gasteiger partial charge in [0.2, 0.25) is 0 Å². The molecular formula is C20H24N2O2. The van der Waals surface area contributed by atoms with Gasteiger partial charge in [-0.1, -0.05) is 13.0 Å². The molecule has 0 saturated carbocycles. The maximum atomic E-state index is 12.7. The second kappa shape index (κ2) is 7.04. The molecule has 4 heteroatoms. The van der Waals surface area contributed by atoms with E-state index in [1.807, 2.05) is 48.2 Å². The Morgan fingerprint density at radius 3 is 2.62 bits per heavy atom. The fourth-order valence-corrected chi connectivity index (χ4v) is 3.13. The topological polar surface area (TPSA) is 42.4 Å². The lowest BCUT2D eigenvalue weighted by Gasteiger charge is -2.30. The number of aryl methyl sites for hydroxylation is 1. The molecule has 24 heavy (non-hydrogen) atoms. The number of piperidine rings is 1. The smallest absolute Gasteiger partial charge is 0.272 e. The summed E-state index contributed by atoms with van der Waals surface area (Å²) < 4.78 is 5.25. The van der Waals surface area contributed by atoms with Crippen molar-refractivity contribution in [1.29, 1.82) is 0 Å². The lowest BCUT2D eigenvalue weighted by molar-refractivity contribution is 0.0691. The van der Waals surface area contributed by atoms with E-state index in [1.165, 1.54) is 0 Å². The van der Waals surface area contributed by atoms with Crippen LogP contribution in [0.2, 0.25) is 0 Å². The summed E-state index contributed by atoms with van der Waals surface area (Å²) in [4.78, 5) is 19.3. The summed E-state index contributed by atoms with van der Waals surface area (Å²) in [6.07, 6.45) is 2.14. The minimum atomic E-state index is 0.0370. The molecule has 2 aromatic rings. The number of methoxy groups -OCH3 is 1. The van der Waals surface area contributed by atoms with E-state index < -0.39 is 0 Å². The molecule has 1 aliphatic heterocycles. The van der Waals surface area contributed by atoms with Crippen LogP contribution in [-0.2, 0) is 0 Å². The first kappa shape index (κ1) is 16.5. The van der Waals surface area contributed by atoms with Gasteiger partial charge in [0.1, 0.15) is 11.4 Å². The Kier molecular flexibility index (Phi) is 4.84. The molecule has 0 atom stereocenters. The van der Waals surface area contributed by atoms with Crippen LogP contribution in [0.15, 0.2) is 36.4 Å². The van der Waals surface area contributed by atoms with Crippen LogP contribution < -0.4 is 4.74 Å². The number of ether oxygens (including phenoxy) is 1. The largest absolute Gasteiger partial charge is 0.497 e. The molecule has 1 aromatic carbocycles. The molecule has 0 spiro atoms. The molecule has 0 unspecified atom stereocenters. The van der Waals surface area contributed by atoms with Gasteiger partial charge in [0.25, 0.3) is 5.91 Å². The monoisotopic (exact) mass is 324 g/mol. The molecule has 1 fully saturated rings. The van der Waals surface area contributed by atoms with E-state index in [2.05, 4.69) is 11.9 Å². The summed E-state index contributed by atoms with van der Waals surface area (Å²) in [5, 5.41) is 0. The Morgan fingerprint density at radius 2 is 1.96 bits per heavy atom. The third-order valence-electron chi connectivity index (χ3n) is 4.75. The molecule has 1 saturated heterocycles. The Balaban J connectivity index is 1.85. The zero-order chi connectivity index (χ0) is 17.1. The number of hydrogen-bond donors (Lipinski definition) is 0. The molecule has 0 bridgehead atoms. The SMILES string of the molecule is COc1ccc(-c2cccc(C(=O)N3CCC(C)CC3)n2)c(C)c1. The number of pyridine rings is 1. The van der Waals surface area contributed by atoms with Crippen LogP contribution in [0.3, 0.4) is 0 Å². The van der Waals surface area contributed by atoms with Crippen LogP contribution in [-0.4, -0.2) is 36.0 Å². The van der Waals surface area contributed by atoms with Crippen molar-refractivity contribution in [3.05, 3.63) is 47.7 Å². The van der Waals surface area contributed by atoms with Gasteiger partial charge in [-0.05, 0) is 61.6 Å². The zero-order valence-electron chi connectivity index (χ0n) is 14.6. The standard InChI is InChI=1S/C20H24N2O2/c1-14-9-11-22(12-10-14)20(23)19-6-4-5-18(21-19)17-8-7-16(24-3)13-15(17)2/h4-8,13-14H,9-12H2,1-3H3. The highest BCUT2D eigenvalue weighted by molar-refractivity contribution is 5.93. The molecule has 4 nitrogen and oxygen atoms in total. The highest BCUT2D eigenvalue weighted by Crippen LogP contribution is 2.26. The lowest BCUT2D eigenvalue weighted by Crippen LogP contribution is -2.38. The zero-order valence-corrected chi connectivity index (χ0v) is 14.6. The first-order valence-corrected chi connectivity index (χ1v) is 8.50. The van der Waals surface area contributed by atoms with E-state index in [1.54, 1.807) is 7.11 Å². The molecule has 3 rings (SSSR count). The Hall–Kier alpha value is -2.36. The number of rotatable bonds is 3. The fraction of sp³-hybridized carbons (Fsp3) is 0.400. The molecular weight excluding hydrogens is 300 g/mol. The minimum Gasteiger partial charge on any atom is -0.497 e. The van der Waals surface area contributed by atoms with E-state index in [-0.39, 0.29) is 5.91 Å². The maximum Gasteiger partial charge on any atom is 0.272 e. The minimum absolute atomic E-state index is 0.0370. The highest BCUT2D eigenvalue weighted by atomic mass is 16.5. The lowest BCUT2D eigenvalue weighted by atomic mass is 9.99. The van der Waals surface area contributed by atoms with Crippen molar-refractivity contribution in [2.75, 3.05) is 20.2 Å². The van der Waals surface area contributed by atoms with Crippen molar-refractivity contribution in [3.63, 3.8) is 0 Å². The summed E-state index contributed by atoms with van der Waals surface area (Å²) >= 11 is 0. The van der Waals surface area contributed by atoms with E-state index >= 15 is 0 Å². The summed E-state index contributed by atoms with van der Waals surface area (Å²) in [6, 6.07) is 11.6. The predicted molar refractivity (Wildman–Crippen MR) is 95.3 cm³/mol. The van der Waals surface area contributed by atoms with Gasteiger partial charge in [-0.2, -0.15) is 0 Å². The quantitative estimate of drug-likeness (QED) is 0.859. The van der Waals surface area contributed by atoms with Crippen molar-refractivity contribution in [1.82, 2.24) is 9.88 Å². The summed E-state index contributed by atoms with van der Waals surface area (Å²) in [6.45, 7) is 5.92. The summed E-state index contributed by atoms with van der Waals surface area (Å²) in [7, 11) is 1.66. The maximum absolute atomic E-state index is 12.7. The second-order valence-electron chi connectivity index (χ2n) is 6.56. The normalized spacial score (nSPS) is 15.4. The molecule has 0 radical (unpaired) electrons. The number of benzene rings is 1. The van der Waals surface area contributed by atoms with Gasteiger partial charge in [0.15, 0.2) is 0 Å². The van der Waals surface area contributed by atoms with Crippen molar-refractivity contribution < 1.29 is 9.53 Å². The Morgan fingerprint density at radius 1 is 1.21 bits per heavy atom. The molecule has 1 aromatic heterocycles. The van der Waals surface area contributed by atoms with Gasteiger partial charge in [-0.25, -0.2) is 4.98 Å². The van der Waals surface area contributed by atoms with Gasteiger partial charge in [-0.15, -0.1) is 0 Å². The predicted octanol–water partition coefficient (Wildman–Crippen LogP) is 3.94. The van der Waals surface area contributed by atoms with Crippen LogP contribution in [0.5, 0.6) is 5.75 Å². The number of amides is 1. The first-order chi connectivity index (χ1) is 11.6. The van der Waals surface area contributed by atoms with Crippen LogP contribution in [0.1, 0.15) is 35.8 Å². The van der Waals surface area contributed by atoms with Crippen LogP contribution in [0.4, 0.5) is 0 Å². The van der Waals surface area contributed by atoms with E-state index in [4.69, 9.17) is 4.74 Å². The van der Waals surface area contributed by atoms with E-state index in [9.17, 15) is 4.79 Å². The van der Waals surface area contributed by atoms with Crippen molar-refractivity contribution in [2.45, 2.75) is 26.7 Å². The average Bonchev–Trinajstić information content (AvgIpc) is 2.61. The highest BCUT2D eigenvalue weighted by Gasteiger charge is 2.22. The Bertz CT molecular complexity index is 734. The number of aromatic nitrogens is 1. The number of likely N-dealkylation sites (tertiary alicyclic amines) is 1. The van der Waals surface area contributed by atoms with Crippen LogP contribution >= 0.6 is 0 Å². The van der Waals surface area contributed by atoms with Crippen molar-refractivity contribution in [2.24, 2.45) is 5.92 Å². The Labute approximate surface area is 143 Å². The van der Waals surface area contributed by atoms with Gasteiger partial charge in [0, 0.05) is 18.7 Å². The van der Waals surface area contributed by atoms with Crippen LogP contribution in [0, 0.1) is 12.8 Å². The molecule has 0 aliphatic carbocycles. The summed E-state index contributed by atoms with van der Waals surface area (Å²) in [5.41, 5.74) is 3.46. The van der Waals surface area contributed by atoms with E-state index in [0.29, 0.717) is 11.6 Å². The number of carbonyl (C=O) groups is 1. The van der Waals surface area contributed by atoms with Crippen LogP contribution in [0.25, 0.3) is 11.3 Å². The number of nitrogens with zero attached hydrogens (tertiary/aromatic N) is 2. The molecule has 1 aliphatic rings. The van der Waals surface area contributed by atoms with Gasteiger partial charge in [-0.3, -0.25) is 4.79 Å². The second-order valence-corrected chi connectivity index (χ2v) is 6.56. The van der Waals surface area contributed by atoms with E-state index in [0.717, 1.165) is 48.5 Å². The molecule has 126 valence electrons. The van der Waals surface area contributed by atoms with Crippen molar-refractivity contribution in [3.8, 4) is 17.0 Å². The summed E-state index contributed by atoms with van der Waals surface area (Å²) in [5.74, 6) is 1.57. The van der Waals surface area contributed by atoms with Gasteiger partial charge >= 0.3 is 0 Å². The number of carbonyl (C=O) groups excluding carboxylic acids is 1. The average molecular weight is 324 g/mol. The first-order valence-electron chi connectivity index (χ1n) is 8.50. The fourth-order valence-electron chi connectivity index (χ4n) is 3.13. The van der Waals surface area contributed by atoms with Crippen molar-refractivity contribution >= 4 is 5.91 Å². The van der Waals surface area contributed by atoms with Gasteiger partial charge in [0.05, 0.1) is 12.8 Å². The third kappa shape index (κ3) is 3.42. The molecule has 0 N–H and O–H groups in total. The molecule has 1 amide bonds. The molecule has 2 heterocycles.